The third-order valence-corrected chi connectivity index (χ3v) is 5.01. The molecule has 0 unspecified atom stereocenters. The molecule has 27 heavy (non-hydrogen) atoms. The summed E-state index contributed by atoms with van der Waals surface area (Å²) in [5.41, 5.74) is 1.44. The average Bonchev–Trinajstić information content (AvgIpc) is 2.65. The zero-order valence-corrected chi connectivity index (χ0v) is 15.3. The molecule has 2 N–H and O–H groups in total. The fourth-order valence-corrected chi connectivity index (χ4v) is 3.46. The molecule has 2 aromatic rings. The van der Waals surface area contributed by atoms with Gasteiger partial charge in [0.15, 0.2) is 0 Å². The number of rotatable bonds is 5. The van der Waals surface area contributed by atoms with E-state index < -0.39 is 5.97 Å². The van der Waals surface area contributed by atoms with E-state index in [4.69, 9.17) is 5.11 Å². The maximum absolute atomic E-state index is 12.5. The molecule has 7 nitrogen and oxygen atoms in total. The highest BCUT2D eigenvalue weighted by molar-refractivity contribution is 5.87. The van der Waals surface area contributed by atoms with Crippen LogP contribution in [0.25, 0.3) is 0 Å². The predicted octanol–water partition coefficient (Wildman–Crippen LogP) is 1.80. The summed E-state index contributed by atoms with van der Waals surface area (Å²) in [6.07, 6.45) is 4.07. The molecule has 0 spiro atoms. The molecule has 2 heterocycles. The molecular formula is C20H23N3O4. The summed E-state index contributed by atoms with van der Waals surface area (Å²) in [5, 5.41) is 9.09. The van der Waals surface area contributed by atoms with E-state index in [1.165, 1.54) is 6.20 Å². The molecule has 3 rings (SSSR count). The number of aromatic carboxylic acids is 1. The van der Waals surface area contributed by atoms with Crippen molar-refractivity contribution >= 4 is 11.9 Å². The third-order valence-electron chi connectivity index (χ3n) is 5.01. The topological polar surface area (TPSA) is 103 Å². The molecule has 7 heteroatoms. The summed E-state index contributed by atoms with van der Waals surface area (Å²) in [6, 6.07) is 7.02. The van der Waals surface area contributed by atoms with E-state index in [9.17, 15) is 14.4 Å². The van der Waals surface area contributed by atoms with E-state index in [1.54, 1.807) is 30.0 Å². The largest absolute Gasteiger partial charge is 0.478 e. The Morgan fingerprint density at radius 3 is 2.70 bits per heavy atom. The van der Waals surface area contributed by atoms with Gasteiger partial charge in [-0.3, -0.25) is 9.59 Å². The molecule has 0 bridgehead atoms. The number of aryl methyl sites for hydroxylation is 1. The number of hydrogen-bond acceptors (Lipinski definition) is 4. The van der Waals surface area contributed by atoms with Crippen molar-refractivity contribution in [3.63, 3.8) is 0 Å². The highest BCUT2D eigenvalue weighted by atomic mass is 16.4. The van der Waals surface area contributed by atoms with Crippen LogP contribution in [0.15, 0.2) is 35.3 Å². The number of carboxylic acids is 1. The Morgan fingerprint density at radius 1 is 1.30 bits per heavy atom. The number of carboxylic acid groups (broad SMARTS) is 1. The van der Waals surface area contributed by atoms with Crippen molar-refractivity contribution in [1.82, 2.24) is 14.9 Å². The van der Waals surface area contributed by atoms with Crippen LogP contribution in [0.5, 0.6) is 0 Å². The number of hydrogen-bond donors (Lipinski definition) is 2. The summed E-state index contributed by atoms with van der Waals surface area (Å²) in [5.74, 6) is -0.0261. The van der Waals surface area contributed by atoms with Crippen molar-refractivity contribution in [2.45, 2.75) is 32.6 Å². The molecule has 1 amide bonds. The predicted molar refractivity (Wildman–Crippen MR) is 99.7 cm³/mol. The van der Waals surface area contributed by atoms with Gasteiger partial charge in [-0.1, -0.05) is 12.1 Å². The van der Waals surface area contributed by atoms with Crippen molar-refractivity contribution in [3.8, 4) is 0 Å². The minimum atomic E-state index is -0.919. The first kappa shape index (κ1) is 18.8. The van der Waals surface area contributed by atoms with Crippen molar-refractivity contribution < 1.29 is 14.7 Å². The molecule has 0 saturated carbocycles. The lowest BCUT2D eigenvalue weighted by Crippen LogP contribution is -2.40. The first-order valence-corrected chi connectivity index (χ1v) is 9.07. The van der Waals surface area contributed by atoms with Gasteiger partial charge in [0, 0.05) is 24.8 Å². The molecule has 1 aromatic carbocycles. The van der Waals surface area contributed by atoms with Gasteiger partial charge >= 0.3 is 5.97 Å². The lowest BCUT2D eigenvalue weighted by molar-refractivity contribution is -0.131. The number of nitrogens with one attached hydrogen (secondary N) is 1. The lowest BCUT2D eigenvalue weighted by atomic mass is 9.89. The fourth-order valence-electron chi connectivity index (χ4n) is 3.46. The Morgan fingerprint density at radius 2 is 2.04 bits per heavy atom. The van der Waals surface area contributed by atoms with E-state index in [0.717, 1.165) is 24.8 Å². The first-order chi connectivity index (χ1) is 12.9. The SMILES string of the molecule is Cc1ncc(CC(=O)N2CCC(Cc3cccc(C(=O)O)c3)CC2)c(=O)[nH]1. The zero-order chi connectivity index (χ0) is 19.4. The fraction of sp³-hybridized carbons (Fsp3) is 0.400. The quantitative estimate of drug-likeness (QED) is 0.836. The van der Waals surface area contributed by atoms with Crippen LogP contribution in [0.3, 0.4) is 0 Å². The maximum atomic E-state index is 12.5. The zero-order valence-electron chi connectivity index (χ0n) is 15.3. The van der Waals surface area contributed by atoms with Gasteiger partial charge < -0.3 is 15.0 Å². The standard InChI is InChI=1S/C20H23N3O4/c1-13-21-12-17(19(25)22-13)11-18(24)23-7-5-14(6-8-23)9-15-3-2-4-16(10-15)20(26)27/h2-4,10,12,14H,5-9,11H2,1H3,(H,26,27)(H,21,22,25). The highest BCUT2D eigenvalue weighted by Gasteiger charge is 2.23. The van der Waals surface area contributed by atoms with Gasteiger partial charge in [0.1, 0.15) is 5.82 Å². The van der Waals surface area contributed by atoms with Crippen LogP contribution >= 0.6 is 0 Å². The normalized spacial score (nSPS) is 14.9. The van der Waals surface area contributed by atoms with Crippen molar-refractivity contribution in [2.75, 3.05) is 13.1 Å². The molecule has 1 aliphatic rings. The number of likely N-dealkylation sites (tertiary alicyclic amines) is 1. The van der Waals surface area contributed by atoms with Gasteiger partial charge in [-0.15, -0.1) is 0 Å². The number of aromatic nitrogens is 2. The average molecular weight is 369 g/mol. The number of carbonyl (C=O) groups excluding carboxylic acids is 1. The summed E-state index contributed by atoms with van der Waals surface area (Å²) in [7, 11) is 0. The molecule has 0 aliphatic carbocycles. The lowest BCUT2D eigenvalue weighted by Gasteiger charge is -2.32. The van der Waals surface area contributed by atoms with E-state index in [-0.39, 0.29) is 17.9 Å². The minimum absolute atomic E-state index is 0.0579. The number of benzene rings is 1. The van der Waals surface area contributed by atoms with Gasteiger partial charge in [0.05, 0.1) is 12.0 Å². The summed E-state index contributed by atoms with van der Waals surface area (Å²) < 4.78 is 0. The van der Waals surface area contributed by atoms with Crippen LogP contribution < -0.4 is 5.56 Å². The highest BCUT2D eigenvalue weighted by Crippen LogP contribution is 2.22. The maximum Gasteiger partial charge on any atom is 0.335 e. The number of carbonyl (C=O) groups is 2. The van der Waals surface area contributed by atoms with Crippen LogP contribution in [-0.2, 0) is 17.6 Å². The van der Waals surface area contributed by atoms with Gasteiger partial charge in [-0.25, -0.2) is 9.78 Å². The van der Waals surface area contributed by atoms with Gasteiger partial charge in [0.2, 0.25) is 5.91 Å². The number of nitrogens with zero attached hydrogens (tertiary/aromatic N) is 2. The Kier molecular flexibility index (Phi) is 5.69. The first-order valence-electron chi connectivity index (χ1n) is 9.07. The molecule has 1 fully saturated rings. The summed E-state index contributed by atoms with van der Waals surface area (Å²) in [6.45, 7) is 3.00. The smallest absolute Gasteiger partial charge is 0.335 e. The second kappa shape index (κ2) is 8.16. The van der Waals surface area contributed by atoms with E-state index in [1.807, 2.05) is 6.07 Å². The number of H-pyrrole nitrogens is 1. The molecule has 1 aliphatic heterocycles. The Balaban J connectivity index is 1.54. The minimum Gasteiger partial charge on any atom is -0.478 e. The van der Waals surface area contributed by atoms with Gasteiger partial charge in [-0.05, 0) is 49.8 Å². The Hall–Kier alpha value is -2.96. The van der Waals surface area contributed by atoms with Crippen molar-refractivity contribution in [3.05, 3.63) is 63.3 Å². The van der Waals surface area contributed by atoms with Crippen LogP contribution in [0.2, 0.25) is 0 Å². The number of aromatic amines is 1. The van der Waals surface area contributed by atoms with E-state index in [0.29, 0.717) is 36.0 Å². The second-order valence-corrected chi connectivity index (χ2v) is 7.03. The van der Waals surface area contributed by atoms with Gasteiger partial charge in [0.25, 0.3) is 5.56 Å². The number of amides is 1. The Bertz CT molecular complexity index is 898. The summed E-state index contributed by atoms with van der Waals surface area (Å²) in [4.78, 5) is 43.9. The van der Waals surface area contributed by atoms with Crippen molar-refractivity contribution in [2.24, 2.45) is 5.92 Å². The van der Waals surface area contributed by atoms with Crippen LogP contribution in [-0.4, -0.2) is 44.9 Å². The molecule has 0 atom stereocenters. The van der Waals surface area contributed by atoms with Gasteiger partial charge in [-0.2, -0.15) is 0 Å². The van der Waals surface area contributed by atoms with Crippen LogP contribution in [0, 0.1) is 12.8 Å². The monoisotopic (exact) mass is 369 g/mol. The summed E-state index contributed by atoms with van der Waals surface area (Å²) >= 11 is 0. The molecule has 142 valence electrons. The van der Waals surface area contributed by atoms with Crippen LogP contribution in [0.4, 0.5) is 0 Å². The van der Waals surface area contributed by atoms with Crippen molar-refractivity contribution in [1.29, 1.82) is 0 Å². The van der Waals surface area contributed by atoms with E-state index in [2.05, 4.69) is 9.97 Å². The molecule has 1 saturated heterocycles. The molecule has 0 radical (unpaired) electrons. The number of piperidine rings is 1. The third kappa shape index (κ3) is 4.81. The van der Waals surface area contributed by atoms with Crippen LogP contribution in [0.1, 0.15) is 40.2 Å². The second-order valence-electron chi connectivity index (χ2n) is 7.03. The Labute approximate surface area is 157 Å². The van der Waals surface area contributed by atoms with E-state index >= 15 is 0 Å². The molecule has 1 aromatic heterocycles. The molecular weight excluding hydrogens is 346 g/mol.